The van der Waals surface area contributed by atoms with Crippen LogP contribution in [0.5, 0.6) is 5.75 Å². The molecule has 0 unspecified atom stereocenters. The Bertz CT molecular complexity index is 709. The second-order valence-corrected chi connectivity index (χ2v) is 4.60. The van der Waals surface area contributed by atoms with E-state index in [1.54, 1.807) is 6.07 Å². The highest BCUT2D eigenvalue weighted by Crippen LogP contribution is 2.38. The highest BCUT2D eigenvalue weighted by molar-refractivity contribution is 6.36. The number of hydrogen-bond acceptors (Lipinski definition) is 4. The molecule has 2 aromatic carbocycles. The van der Waals surface area contributed by atoms with E-state index < -0.39 is 5.97 Å². The molecule has 1 aliphatic heterocycles. The van der Waals surface area contributed by atoms with Gasteiger partial charge in [0.25, 0.3) is 0 Å². The smallest absolute Gasteiger partial charge is 0.331 e. The molecular formula is C14H10ClNO3. The Labute approximate surface area is 114 Å². The Morgan fingerprint density at radius 2 is 2.11 bits per heavy atom. The van der Waals surface area contributed by atoms with Crippen molar-refractivity contribution in [2.45, 2.75) is 6.92 Å². The molecule has 0 atom stereocenters. The van der Waals surface area contributed by atoms with Gasteiger partial charge in [-0.25, -0.2) is 4.79 Å². The minimum absolute atomic E-state index is 0.271. The molecule has 0 saturated heterocycles. The molecule has 0 amide bonds. The highest BCUT2D eigenvalue weighted by atomic mass is 35.5. The first-order valence-electron chi connectivity index (χ1n) is 5.75. The summed E-state index contributed by atoms with van der Waals surface area (Å²) in [5.74, 6) is 0.263. The lowest BCUT2D eigenvalue weighted by Gasteiger charge is -2.05. The molecule has 0 aliphatic carbocycles. The predicted molar refractivity (Wildman–Crippen MR) is 72.8 cm³/mol. The lowest BCUT2D eigenvalue weighted by molar-refractivity contribution is -0.140. The monoisotopic (exact) mass is 275 g/mol. The van der Waals surface area contributed by atoms with E-state index in [0.717, 1.165) is 22.1 Å². The first-order valence-corrected chi connectivity index (χ1v) is 6.13. The van der Waals surface area contributed by atoms with Crippen molar-refractivity contribution in [1.82, 2.24) is 0 Å². The molecular weight excluding hydrogens is 266 g/mol. The van der Waals surface area contributed by atoms with Crippen LogP contribution in [0.15, 0.2) is 35.5 Å². The Hall–Kier alpha value is -2.07. The molecule has 5 heteroatoms. The van der Waals surface area contributed by atoms with Gasteiger partial charge in [-0.3, -0.25) is 0 Å². The van der Waals surface area contributed by atoms with Gasteiger partial charge in [0.1, 0.15) is 18.1 Å². The van der Waals surface area contributed by atoms with Crippen LogP contribution in [0.25, 0.3) is 10.8 Å². The molecule has 4 nitrogen and oxygen atoms in total. The van der Waals surface area contributed by atoms with Crippen molar-refractivity contribution in [2.75, 3.05) is 6.61 Å². The number of rotatable bonds is 1. The fourth-order valence-corrected chi connectivity index (χ4v) is 2.36. The molecule has 1 aliphatic rings. The van der Waals surface area contributed by atoms with Gasteiger partial charge in [-0.05, 0) is 6.07 Å². The second kappa shape index (κ2) is 4.55. The molecule has 0 spiro atoms. The number of ether oxygens (including phenoxy) is 1. The molecule has 0 radical (unpaired) electrons. The van der Waals surface area contributed by atoms with Crippen LogP contribution in [0, 0.1) is 0 Å². The minimum atomic E-state index is -0.465. The summed E-state index contributed by atoms with van der Waals surface area (Å²) in [4.78, 5) is 15.5. The predicted octanol–water partition coefficient (Wildman–Crippen LogP) is 3.15. The Balaban J connectivity index is 2.17. The summed E-state index contributed by atoms with van der Waals surface area (Å²) >= 11 is 6.25. The molecule has 0 bridgehead atoms. The fourth-order valence-electron chi connectivity index (χ4n) is 2.09. The van der Waals surface area contributed by atoms with Crippen LogP contribution >= 0.6 is 11.6 Å². The second-order valence-electron chi connectivity index (χ2n) is 4.19. The van der Waals surface area contributed by atoms with Crippen molar-refractivity contribution in [3.8, 4) is 5.75 Å². The van der Waals surface area contributed by atoms with E-state index in [9.17, 15) is 4.79 Å². The van der Waals surface area contributed by atoms with Gasteiger partial charge in [0.05, 0.1) is 0 Å². The van der Waals surface area contributed by atoms with E-state index in [1.165, 1.54) is 6.92 Å². The summed E-state index contributed by atoms with van der Waals surface area (Å²) in [5.41, 5.74) is 1.34. The fraction of sp³-hybridized carbons (Fsp3) is 0.143. The van der Waals surface area contributed by atoms with Gasteiger partial charge in [-0.1, -0.05) is 41.0 Å². The van der Waals surface area contributed by atoms with Crippen molar-refractivity contribution in [3.05, 3.63) is 40.9 Å². The maximum Gasteiger partial charge on any atom is 0.331 e. The molecule has 96 valence electrons. The van der Waals surface area contributed by atoms with Gasteiger partial charge in [0.2, 0.25) is 0 Å². The van der Waals surface area contributed by atoms with Crippen LogP contribution in [0.3, 0.4) is 0 Å². The first-order chi connectivity index (χ1) is 9.16. The number of benzene rings is 2. The van der Waals surface area contributed by atoms with Crippen LogP contribution in [0.4, 0.5) is 0 Å². The minimum Gasteiger partial charge on any atom is -0.486 e. The van der Waals surface area contributed by atoms with Gasteiger partial charge >= 0.3 is 5.97 Å². The first kappa shape index (κ1) is 12.0. The quantitative estimate of drug-likeness (QED) is 0.593. The third kappa shape index (κ3) is 2.04. The van der Waals surface area contributed by atoms with E-state index in [4.69, 9.17) is 16.3 Å². The van der Waals surface area contributed by atoms with E-state index in [2.05, 4.69) is 9.99 Å². The van der Waals surface area contributed by atoms with Crippen LogP contribution in [-0.2, 0) is 9.63 Å². The van der Waals surface area contributed by atoms with Gasteiger partial charge in [0, 0.05) is 28.3 Å². The Morgan fingerprint density at radius 1 is 1.37 bits per heavy atom. The van der Waals surface area contributed by atoms with Gasteiger partial charge < -0.3 is 9.57 Å². The van der Waals surface area contributed by atoms with Gasteiger partial charge in [-0.2, -0.15) is 0 Å². The van der Waals surface area contributed by atoms with E-state index in [0.29, 0.717) is 10.7 Å². The third-order valence-electron chi connectivity index (χ3n) is 2.89. The normalized spacial score (nSPS) is 15.4. The summed E-state index contributed by atoms with van der Waals surface area (Å²) in [5, 5.41) is 6.27. The SMILES string of the molecule is CC(=O)ON=C1COc2c1cc(Cl)c1ccccc21. The Kier molecular flexibility index (Phi) is 2.87. The number of carbonyl (C=O) groups excluding carboxylic acids is 1. The number of nitrogens with zero attached hydrogens (tertiary/aromatic N) is 1. The Morgan fingerprint density at radius 3 is 2.84 bits per heavy atom. The zero-order valence-electron chi connectivity index (χ0n) is 10.1. The largest absolute Gasteiger partial charge is 0.486 e. The van der Waals surface area contributed by atoms with Crippen LogP contribution in [0.2, 0.25) is 5.02 Å². The van der Waals surface area contributed by atoms with E-state index in [-0.39, 0.29) is 6.61 Å². The van der Waals surface area contributed by atoms with Crippen molar-refractivity contribution in [2.24, 2.45) is 5.16 Å². The zero-order chi connectivity index (χ0) is 13.4. The van der Waals surface area contributed by atoms with Crippen molar-refractivity contribution >= 4 is 34.1 Å². The van der Waals surface area contributed by atoms with Crippen molar-refractivity contribution in [1.29, 1.82) is 0 Å². The molecule has 3 rings (SSSR count). The highest BCUT2D eigenvalue weighted by Gasteiger charge is 2.24. The molecule has 0 fully saturated rings. The number of fused-ring (bicyclic) bond motifs is 3. The number of carbonyl (C=O) groups is 1. The summed E-state index contributed by atoms with van der Waals surface area (Å²) in [6.45, 7) is 1.57. The molecule has 19 heavy (non-hydrogen) atoms. The van der Waals surface area contributed by atoms with Crippen molar-refractivity contribution < 1.29 is 14.4 Å². The lowest BCUT2D eigenvalue weighted by Crippen LogP contribution is -2.05. The number of oxime groups is 1. The lowest BCUT2D eigenvalue weighted by atomic mass is 10.0. The van der Waals surface area contributed by atoms with E-state index >= 15 is 0 Å². The maximum atomic E-state index is 10.8. The van der Waals surface area contributed by atoms with E-state index in [1.807, 2.05) is 24.3 Å². The average Bonchev–Trinajstić information content (AvgIpc) is 2.80. The van der Waals surface area contributed by atoms with Gasteiger partial charge in [-0.15, -0.1) is 0 Å². The zero-order valence-corrected chi connectivity index (χ0v) is 10.9. The number of hydrogen-bond donors (Lipinski definition) is 0. The third-order valence-corrected chi connectivity index (χ3v) is 3.21. The molecule has 0 N–H and O–H groups in total. The van der Waals surface area contributed by atoms with Crippen molar-refractivity contribution in [3.63, 3.8) is 0 Å². The van der Waals surface area contributed by atoms with Crippen LogP contribution in [-0.4, -0.2) is 18.3 Å². The molecule has 1 heterocycles. The topological polar surface area (TPSA) is 47.9 Å². The average molecular weight is 276 g/mol. The number of halogens is 1. The van der Waals surface area contributed by atoms with Gasteiger partial charge in [0.15, 0.2) is 0 Å². The molecule has 0 aromatic heterocycles. The summed E-state index contributed by atoms with van der Waals surface area (Å²) in [7, 11) is 0. The van der Waals surface area contributed by atoms with Crippen LogP contribution < -0.4 is 4.74 Å². The van der Waals surface area contributed by atoms with Crippen LogP contribution in [0.1, 0.15) is 12.5 Å². The summed E-state index contributed by atoms with van der Waals surface area (Å²) < 4.78 is 5.63. The standard InChI is InChI=1S/C14H10ClNO3/c1-8(17)19-16-13-7-18-14-10-5-3-2-4-9(10)12(15)6-11(13)14/h2-6H,7H2,1H3. The summed E-state index contributed by atoms with van der Waals surface area (Å²) in [6.07, 6.45) is 0. The molecule has 0 saturated carbocycles. The summed E-state index contributed by atoms with van der Waals surface area (Å²) in [6, 6.07) is 9.50. The molecule has 2 aromatic rings. The maximum absolute atomic E-state index is 10.8.